The normalized spacial score (nSPS) is 10.3. The fourth-order valence-corrected chi connectivity index (χ4v) is 1.36. The minimum absolute atomic E-state index is 0.0648. The van der Waals surface area contributed by atoms with Crippen molar-refractivity contribution >= 4 is 5.97 Å². The van der Waals surface area contributed by atoms with Gasteiger partial charge in [0.25, 0.3) is 0 Å². The summed E-state index contributed by atoms with van der Waals surface area (Å²) < 4.78 is 1.05. The monoisotopic (exact) mass is 231 g/mol. The van der Waals surface area contributed by atoms with Crippen LogP contribution in [0.3, 0.4) is 0 Å². The first-order valence-corrected chi connectivity index (χ1v) is 5.71. The lowest BCUT2D eigenvalue weighted by molar-refractivity contribution is -0.923. The van der Waals surface area contributed by atoms with E-state index in [1.807, 2.05) is 0 Å². The summed E-state index contributed by atoms with van der Waals surface area (Å²) in [5.74, 6) is -1.19. The van der Waals surface area contributed by atoms with Crippen LogP contribution in [0.1, 0.15) is 27.7 Å². The number of likely N-dealkylation sites (N-methyl/N-ethyl adjacent to an activating group) is 1. The van der Waals surface area contributed by atoms with Gasteiger partial charge in [-0.25, -0.2) is 0 Å². The number of carboxylic acid groups (broad SMARTS) is 1. The van der Waals surface area contributed by atoms with Crippen molar-refractivity contribution in [2.75, 3.05) is 32.8 Å². The van der Waals surface area contributed by atoms with Gasteiger partial charge in [0.05, 0.1) is 32.2 Å². The number of aliphatic hydroxyl groups is 1. The maximum Gasteiger partial charge on any atom is 0.102 e. The van der Waals surface area contributed by atoms with E-state index in [0.29, 0.717) is 6.61 Å². The van der Waals surface area contributed by atoms with Crippen LogP contribution in [0.25, 0.3) is 0 Å². The van der Waals surface area contributed by atoms with Crippen LogP contribution in [-0.4, -0.2) is 48.3 Å². The van der Waals surface area contributed by atoms with Crippen molar-refractivity contribution in [3.63, 3.8) is 0 Å². The molecule has 0 aromatic rings. The third kappa shape index (κ3) is 7.43. The molecule has 0 fully saturated rings. The summed E-state index contributed by atoms with van der Waals surface area (Å²) in [7, 11) is 0. The molecule has 96 valence electrons. The number of carboxylic acids is 1. The van der Waals surface area contributed by atoms with Crippen molar-refractivity contribution < 1.29 is 19.5 Å². The first kappa shape index (κ1) is 17.5. The van der Waals surface area contributed by atoms with Crippen molar-refractivity contribution in [2.45, 2.75) is 27.7 Å². The largest absolute Gasteiger partial charge is 0.545 e. The van der Waals surface area contributed by atoms with Crippen LogP contribution >= 0.6 is 0 Å². The Balaban J connectivity index is 0. The van der Waals surface area contributed by atoms with Gasteiger partial charge < -0.3 is 19.5 Å². The number of aliphatic carboxylic acids is 1. The molecule has 4 nitrogen and oxygen atoms in total. The Hall–Kier alpha value is -0.870. The van der Waals surface area contributed by atoms with Gasteiger partial charge in [-0.3, -0.25) is 0 Å². The van der Waals surface area contributed by atoms with Crippen LogP contribution in [-0.2, 0) is 4.79 Å². The molecule has 0 aromatic heterocycles. The summed E-state index contributed by atoms with van der Waals surface area (Å²) in [6.07, 6.45) is 0. The fraction of sp³-hybridized carbons (Fsp3) is 0.750. The van der Waals surface area contributed by atoms with Crippen molar-refractivity contribution in [3.8, 4) is 0 Å². The standard InChI is InChI=1S/C8H20NO.C4H6O2/c1-4-9(5-2,6-3)7-8-10;1-3(2)4(5)6/h10H,4-8H2,1-3H3;1H2,2H3,(H,5,6)/q+1;/p-1. The molecule has 0 spiro atoms. The van der Waals surface area contributed by atoms with Gasteiger partial charge in [0.2, 0.25) is 0 Å². The molecule has 0 unspecified atom stereocenters. The summed E-state index contributed by atoms with van der Waals surface area (Å²) in [6.45, 7) is 15.6. The van der Waals surface area contributed by atoms with Gasteiger partial charge in [0.15, 0.2) is 0 Å². The van der Waals surface area contributed by atoms with E-state index in [1.165, 1.54) is 6.92 Å². The lowest BCUT2D eigenvalue weighted by atomic mass is 10.3. The van der Waals surface area contributed by atoms with E-state index in [4.69, 9.17) is 5.11 Å². The highest BCUT2D eigenvalue weighted by molar-refractivity contribution is 5.82. The molecule has 0 saturated heterocycles. The highest BCUT2D eigenvalue weighted by atomic mass is 16.4. The van der Waals surface area contributed by atoms with E-state index in [-0.39, 0.29) is 5.57 Å². The zero-order valence-electron chi connectivity index (χ0n) is 11.0. The Bertz CT molecular complexity index is 190. The lowest BCUT2D eigenvalue weighted by Gasteiger charge is -2.34. The van der Waals surface area contributed by atoms with Gasteiger partial charge >= 0.3 is 0 Å². The number of carbonyl (C=O) groups excluding carboxylic acids is 1. The van der Waals surface area contributed by atoms with Gasteiger partial charge in [-0.2, -0.15) is 0 Å². The summed E-state index contributed by atoms with van der Waals surface area (Å²) in [5.41, 5.74) is 0.0648. The maximum absolute atomic E-state index is 9.49. The van der Waals surface area contributed by atoms with Gasteiger partial charge in [-0.05, 0) is 33.3 Å². The van der Waals surface area contributed by atoms with Crippen LogP contribution in [0.2, 0.25) is 0 Å². The van der Waals surface area contributed by atoms with Crippen molar-refractivity contribution in [3.05, 3.63) is 12.2 Å². The fourth-order valence-electron chi connectivity index (χ4n) is 1.36. The molecule has 0 aromatic carbocycles. The van der Waals surface area contributed by atoms with E-state index in [1.54, 1.807) is 0 Å². The molecule has 0 aliphatic rings. The first-order valence-electron chi connectivity index (χ1n) is 5.71. The van der Waals surface area contributed by atoms with Crippen LogP contribution < -0.4 is 5.11 Å². The predicted octanol–water partition coefficient (Wildman–Crippen LogP) is 0.168. The highest BCUT2D eigenvalue weighted by Gasteiger charge is 2.18. The van der Waals surface area contributed by atoms with Gasteiger partial charge in [-0.15, -0.1) is 0 Å². The number of rotatable bonds is 6. The van der Waals surface area contributed by atoms with Gasteiger partial charge in [0.1, 0.15) is 6.54 Å². The molecule has 0 amide bonds. The zero-order valence-corrected chi connectivity index (χ0v) is 11.0. The molecule has 0 radical (unpaired) electrons. The molecule has 0 saturated carbocycles. The second kappa shape index (κ2) is 9.36. The summed E-state index contributed by atoms with van der Waals surface area (Å²) in [5, 5.41) is 18.3. The number of hydrogen-bond acceptors (Lipinski definition) is 3. The van der Waals surface area contributed by atoms with Crippen molar-refractivity contribution in [2.24, 2.45) is 0 Å². The minimum Gasteiger partial charge on any atom is -0.545 e. The molecular weight excluding hydrogens is 206 g/mol. The topological polar surface area (TPSA) is 60.4 Å². The average Bonchev–Trinajstić information content (AvgIpc) is 2.27. The third-order valence-corrected chi connectivity index (χ3v) is 2.94. The number of hydrogen-bond donors (Lipinski definition) is 1. The van der Waals surface area contributed by atoms with Gasteiger partial charge in [0, 0.05) is 0 Å². The Morgan fingerprint density at radius 3 is 1.62 bits per heavy atom. The third-order valence-electron chi connectivity index (χ3n) is 2.94. The average molecular weight is 231 g/mol. The van der Waals surface area contributed by atoms with E-state index in [9.17, 15) is 9.90 Å². The molecule has 16 heavy (non-hydrogen) atoms. The van der Waals surface area contributed by atoms with Crippen molar-refractivity contribution in [1.29, 1.82) is 0 Å². The summed E-state index contributed by atoms with van der Waals surface area (Å²) in [4.78, 5) is 9.49. The molecule has 1 N–H and O–H groups in total. The molecule has 4 heteroatoms. The van der Waals surface area contributed by atoms with E-state index < -0.39 is 5.97 Å². The molecule has 0 heterocycles. The molecular formula is C12H25NO3. The van der Waals surface area contributed by atoms with Crippen LogP contribution in [0, 0.1) is 0 Å². The second-order valence-electron chi connectivity index (χ2n) is 3.81. The van der Waals surface area contributed by atoms with Crippen molar-refractivity contribution in [1.82, 2.24) is 0 Å². The Labute approximate surface area is 98.8 Å². The number of nitrogens with zero attached hydrogens (tertiary/aromatic N) is 1. The Morgan fingerprint density at radius 1 is 1.25 bits per heavy atom. The minimum atomic E-state index is -1.19. The van der Waals surface area contributed by atoms with Gasteiger partial charge in [-0.1, -0.05) is 6.58 Å². The van der Waals surface area contributed by atoms with E-state index in [0.717, 1.165) is 30.7 Å². The SMILES string of the molecule is C=C(C)C(=O)[O-].CC[N+](CC)(CC)CCO. The summed E-state index contributed by atoms with van der Waals surface area (Å²) >= 11 is 0. The molecule has 0 aliphatic heterocycles. The van der Waals surface area contributed by atoms with Crippen LogP contribution in [0.5, 0.6) is 0 Å². The Kier molecular flexibility index (Phi) is 10.3. The Morgan fingerprint density at radius 2 is 1.56 bits per heavy atom. The zero-order chi connectivity index (χ0) is 13.2. The smallest absolute Gasteiger partial charge is 0.102 e. The second-order valence-corrected chi connectivity index (χ2v) is 3.81. The number of quaternary nitrogens is 1. The first-order chi connectivity index (χ1) is 7.39. The number of aliphatic hydroxyl groups excluding tert-OH is 1. The van der Waals surface area contributed by atoms with Crippen LogP contribution in [0.15, 0.2) is 12.2 Å². The quantitative estimate of drug-likeness (QED) is 0.523. The molecule has 0 atom stereocenters. The van der Waals surface area contributed by atoms with Crippen LogP contribution in [0.4, 0.5) is 0 Å². The maximum atomic E-state index is 9.49. The lowest BCUT2D eigenvalue weighted by Crippen LogP contribution is -2.49. The molecule has 0 bridgehead atoms. The molecule has 0 aliphatic carbocycles. The highest BCUT2D eigenvalue weighted by Crippen LogP contribution is 2.03. The van der Waals surface area contributed by atoms with E-state index in [2.05, 4.69) is 27.4 Å². The molecule has 0 rings (SSSR count). The van der Waals surface area contributed by atoms with E-state index >= 15 is 0 Å². The number of carbonyl (C=O) groups is 1. The summed E-state index contributed by atoms with van der Waals surface area (Å²) in [6, 6.07) is 0. The predicted molar refractivity (Wildman–Crippen MR) is 63.7 cm³/mol.